The molecule has 0 spiro atoms. The van der Waals surface area contributed by atoms with Crippen LogP contribution in [0.2, 0.25) is 5.02 Å². The second kappa shape index (κ2) is 14.8. The Morgan fingerprint density at radius 2 is 1.65 bits per heavy atom. The largest absolute Gasteiger partial charge is 0.497 e. The maximum absolute atomic E-state index is 14.3. The lowest BCUT2D eigenvalue weighted by molar-refractivity contribution is -0.140. The quantitative estimate of drug-likeness (QED) is 0.286. The third kappa shape index (κ3) is 8.74. The minimum Gasteiger partial charge on any atom is -0.497 e. The summed E-state index contributed by atoms with van der Waals surface area (Å²) >= 11 is 6.34. The molecule has 1 fully saturated rings. The predicted molar refractivity (Wildman–Crippen MR) is 171 cm³/mol. The molecule has 0 aliphatic heterocycles. The lowest BCUT2D eigenvalue weighted by Gasteiger charge is -2.35. The molecule has 3 aromatic carbocycles. The number of ether oxygens (including phenoxy) is 1. The van der Waals surface area contributed by atoms with Gasteiger partial charge in [0, 0.05) is 24.0 Å². The molecule has 8 nitrogen and oxygen atoms in total. The first kappa shape index (κ1) is 32.4. The Balaban J connectivity index is 1.75. The van der Waals surface area contributed by atoms with Crippen molar-refractivity contribution in [3.05, 3.63) is 94.5 Å². The van der Waals surface area contributed by atoms with Crippen molar-refractivity contribution in [3.8, 4) is 5.75 Å². The van der Waals surface area contributed by atoms with Gasteiger partial charge in [0.25, 0.3) is 0 Å². The number of rotatable bonds is 12. The second-order valence-electron chi connectivity index (χ2n) is 11.1. The summed E-state index contributed by atoms with van der Waals surface area (Å²) in [6, 6.07) is 20.9. The summed E-state index contributed by atoms with van der Waals surface area (Å²) in [6.45, 7) is 1.30. The average molecular weight is 626 g/mol. The number of nitrogens with one attached hydrogen (secondary N) is 1. The molecule has 1 unspecified atom stereocenters. The van der Waals surface area contributed by atoms with E-state index in [1.807, 2.05) is 48.5 Å². The lowest BCUT2D eigenvalue weighted by atomic mass is 9.94. The van der Waals surface area contributed by atoms with Crippen LogP contribution < -0.4 is 14.4 Å². The van der Waals surface area contributed by atoms with Gasteiger partial charge in [-0.3, -0.25) is 13.9 Å². The van der Waals surface area contributed by atoms with Crippen LogP contribution >= 0.6 is 11.6 Å². The number of nitrogens with zero attached hydrogens (tertiary/aromatic N) is 2. The lowest BCUT2D eigenvalue weighted by Crippen LogP contribution is -2.55. The van der Waals surface area contributed by atoms with E-state index in [1.54, 1.807) is 38.3 Å². The maximum atomic E-state index is 14.3. The number of methoxy groups -OCH3 is 1. The van der Waals surface area contributed by atoms with Gasteiger partial charge in [-0.05, 0) is 60.7 Å². The molecular weight excluding hydrogens is 586 g/mol. The van der Waals surface area contributed by atoms with Crippen LogP contribution in [0.25, 0.3) is 0 Å². The molecule has 3 aromatic rings. The zero-order valence-corrected chi connectivity index (χ0v) is 26.5. The van der Waals surface area contributed by atoms with Crippen molar-refractivity contribution in [2.45, 2.75) is 64.1 Å². The van der Waals surface area contributed by atoms with Crippen LogP contribution in [-0.4, -0.2) is 57.1 Å². The molecule has 230 valence electrons. The Morgan fingerprint density at radius 3 is 2.33 bits per heavy atom. The smallest absolute Gasteiger partial charge is 0.244 e. The van der Waals surface area contributed by atoms with Gasteiger partial charge in [-0.2, -0.15) is 0 Å². The first-order valence-corrected chi connectivity index (χ1v) is 16.8. The fourth-order valence-corrected chi connectivity index (χ4v) is 6.60. The van der Waals surface area contributed by atoms with Crippen LogP contribution in [0.5, 0.6) is 5.75 Å². The molecule has 1 aliphatic rings. The first-order valence-electron chi connectivity index (χ1n) is 14.6. The van der Waals surface area contributed by atoms with Crippen LogP contribution in [0.3, 0.4) is 0 Å². The molecule has 0 aromatic heterocycles. The van der Waals surface area contributed by atoms with Crippen LogP contribution in [-0.2, 0) is 32.6 Å². The van der Waals surface area contributed by atoms with Crippen molar-refractivity contribution < 1.29 is 22.7 Å². The Labute approximate surface area is 260 Å². The molecule has 1 saturated carbocycles. The van der Waals surface area contributed by atoms with Crippen LogP contribution in [0.15, 0.2) is 72.8 Å². The second-order valence-corrected chi connectivity index (χ2v) is 13.4. The van der Waals surface area contributed by atoms with Gasteiger partial charge < -0.3 is 15.0 Å². The van der Waals surface area contributed by atoms with E-state index in [2.05, 4.69) is 5.32 Å². The molecule has 10 heteroatoms. The van der Waals surface area contributed by atoms with Crippen LogP contribution in [0.1, 0.15) is 48.8 Å². The van der Waals surface area contributed by atoms with E-state index in [4.69, 9.17) is 16.3 Å². The summed E-state index contributed by atoms with van der Waals surface area (Å²) < 4.78 is 32.6. The van der Waals surface area contributed by atoms with E-state index in [0.29, 0.717) is 22.0 Å². The van der Waals surface area contributed by atoms with E-state index in [1.165, 1.54) is 4.90 Å². The van der Waals surface area contributed by atoms with Gasteiger partial charge in [0.2, 0.25) is 21.8 Å². The molecule has 2 amide bonds. The Bertz CT molecular complexity index is 1510. The maximum Gasteiger partial charge on any atom is 0.244 e. The summed E-state index contributed by atoms with van der Waals surface area (Å²) in [5, 5.41) is 3.60. The molecular formula is C33H40ClN3O5S. The van der Waals surface area contributed by atoms with Crippen molar-refractivity contribution in [3.63, 3.8) is 0 Å². The van der Waals surface area contributed by atoms with Gasteiger partial charge >= 0.3 is 0 Å². The molecule has 0 bridgehead atoms. The number of anilines is 1. The SMILES string of the molecule is COc1cccc(CN(C(=O)CN(c2cccc(Cl)c2C)S(C)(=O)=O)C(Cc2ccccc2)C(=O)NC2CCCCC2)c1. The third-order valence-corrected chi connectivity index (χ3v) is 9.43. The zero-order valence-electron chi connectivity index (χ0n) is 25.0. The number of benzene rings is 3. The highest BCUT2D eigenvalue weighted by atomic mass is 35.5. The predicted octanol–water partition coefficient (Wildman–Crippen LogP) is 5.51. The van der Waals surface area contributed by atoms with Crippen molar-refractivity contribution in [2.24, 2.45) is 0 Å². The van der Waals surface area contributed by atoms with Gasteiger partial charge in [0.05, 0.1) is 19.1 Å². The summed E-state index contributed by atoms with van der Waals surface area (Å²) in [5.41, 5.74) is 2.50. The normalized spacial score (nSPS) is 14.5. The summed E-state index contributed by atoms with van der Waals surface area (Å²) in [5.74, 6) is -0.146. The standard InChI is InChI=1S/C33H40ClN3O5S/c1-24-29(34)18-11-19-30(24)37(43(3,40)41)23-32(38)36(22-26-14-10-17-28(20-26)42-2)31(21-25-12-6-4-7-13-25)33(39)35-27-15-8-5-9-16-27/h4,6-7,10-14,17-20,27,31H,5,8-9,15-16,21-23H2,1-3H3,(H,35,39). The highest BCUT2D eigenvalue weighted by molar-refractivity contribution is 7.92. The van der Waals surface area contributed by atoms with E-state index in [9.17, 15) is 18.0 Å². The van der Waals surface area contributed by atoms with Crippen LogP contribution in [0.4, 0.5) is 5.69 Å². The summed E-state index contributed by atoms with van der Waals surface area (Å²) in [6.07, 6.45) is 6.35. The van der Waals surface area contributed by atoms with Crippen molar-refractivity contribution in [1.82, 2.24) is 10.2 Å². The van der Waals surface area contributed by atoms with Gasteiger partial charge in [0.15, 0.2) is 0 Å². The van der Waals surface area contributed by atoms with E-state index in [-0.39, 0.29) is 24.9 Å². The van der Waals surface area contributed by atoms with Gasteiger partial charge in [0.1, 0.15) is 18.3 Å². The molecule has 4 rings (SSSR count). The highest BCUT2D eigenvalue weighted by Crippen LogP contribution is 2.29. The molecule has 1 atom stereocenters. The van der Waals surface area contributed by atoms with Crippen LogP contribution in [0, 0.1) is 6.92 Å². The number of halogens is 1. The fourth-order valence-electron chi connectivity index (χ4n) is 5.53. The third-order valence-electron chi connectivity index (χ3n) is 7.90. The minimum atomic E-state index is -3.89. The molecule has 0 radical (unpaired) electrons. The average Bonchev–Trinajstić information content (AvgIpc) is 2.99. The summed E-state index contributed by atoms with van der Waals surface area (Å²) in [4.78, 5) is 29.9. The molecule has 1 N–H and O–H groups in total. The molecule has 0 saturated heterocycles. The Hall–Kier alpha value is -3.56. The van der Waals surface area contributed by atoms with E-state index in [0.717, 1.165) is 53.8 Å². The van der Waals surface area contributed by atoms with E-state index >= 15 is 0 Å². The van der Waals surface area contributed by atoms with E-state index < -0.39 is 28.5 Å². The Morgan fingerprint density at radius 1 is 0.977 bits per heavy atom. The summed E-state index contributed by atoms with van der Waals surface area (Å²) in [7, 11) is -2.33. The topological polar surface area (TPSA) is 96.0 Å². The Kier molecular flexibility index (Phi) is 11.1. The van der Waals surface area contributed by atoms with Crippen molar-refractivity contribution in [1.29, 1.82) is 0 Å². The van der Waals surface area contributed by atoms with Gasteiger partial charge in [-0.1, -0.05) is 79.4 Å². The number of hydrogen-bond acceptors (Lipinski definition) is 5. The van der Waals surface area contributed by atoms with Gasteiger partial charge in [-0.15, -0.1) is 0 Å². The zero-order chi connectivity index (χ0) is 31.0. The first-order chi connectivity index (χ1) is 20.6. The monoisotopic (exact) mass is 625 g/mol. The molecule has 43 heavy (non-hydrogen) atoms. The number of carbonyl (C=O) groups excluding carboxylic acids is 2. The number of hydrogen-bond donors (Lipinski definition) is 1. The number of carbonyl (C=O) groups is 2. The highest BCUT2D eigenvalue weighted by Gasteiger charge is 2.34. The number of amides is 2. The fraction of sp³-hybridized carbons (Fsp3) is 0.394. The van der Waals surface area contributed by atoms with Crippen molar-refractivity contribution >= 4 is 39.1 Å². The molecule has 0 heterocycles. The minimum absolute atomic E-state index is 0.0370. The van der Waals surface area contributed by atoms with Gasteiger partial charge in [-0.25, -0.2) is 8.42 Å². The number of sulfonamides is 1. The van der Waals surface area contributed by atoms with Crippen molar-refractivity contribution in [2.75, 3.05) is 24.2 Å². The molecule has 1 aliphatic carbocycles.